The van der Waals surface area contributed by atoms with E-state index in [0.29, 0.717) is 6.04 Å². The Kier molecular flexibility index (Phi) is 3.45. The lowest BCUT2D eigenvalue weighted by Crippen LogP contribution is -2.55. The van der Waals surface area contributed by atoms with Gasteiger partial charge in [-0.15, -0.1) is 11.3 Å². The Morgan fingerprint density at radius 2 is 2.41 bits per heavy atom. The van der Waals surface area contributed by atoms with Gasteiger partial charge in [-0.1, -0.05) is 0 Å². The summed E-state index contributed by atoms with van der Waals surface area (Å²) in [5.74, 6) is 0. The Bertz CT molecular complexity index is 352. The van der Waals surface area contributed by atoms with Crippen molar-refractivity contribution in [3.63, 3.8) is 0 Å². The van der Waals surface area contributed by atoms with Crippen molar-refractivity contribution in [3.8, 4) is 0 Å². The molecule has 0 N–H and O–H groups in total. The van der Waals surface area contributed by atoms with Crippen LogP contribution in [0.1, 0.15) is 25.5 Å². The summed E-state index contributed by atoms with van der Waals surface area (Å²) in [7, 11) is 0. The molecule has 1 aromatic heterocycles. The lowest BCUT2D eigenvalue weighted by molar-refractivity contribution is 0.0603. The summed E-state index contributed by atoms with van der Waals surface area (Å²) < 4.78 is 0. The second-order valence-electron chi connectivity index (χ2n) is 5.36. The van der Waals surface area contributed by atoms with E-state index in [9.17, 15) is 0 Å². The number of nitrogens with zero attached hydrogens (tertiary/aromatic N) is 3. The van der Waals surface area contributed by atoms with Gasteiger partial charge in [-0.05, 0) is 26.3 Å². The average Bonchev–Trinajstić information content (AvgIpc) is 2.95. The molecular weight excluding hydrogens is 230 g/mol. The standard InChI is InChI=1S/C13H21N3S/c1-11-7-16-5-2-3-13(16)8-15(11)6-4-12-9-17-10-14-12/h9-11,13H,2-8H2,1H3. The highest BCUT2D eigenvalue weighted by molar-refractivity contribution is 7.07. The maximum atomic E-state index is 4.37. The Morgan fingerprint density at radius 1 is 1.47 bits per heavy atom. The second kappa shape index (κ2) is 5.04. The fraction of sp³-hybridized carbons (Fsp3) is 0.769. The largest absolute Gasteiger partial charge is 0.298 e. The van der Waals surface area contributed by atoms with E-state index < -0.39 is 0 Å². The molecule has 0 spiro atoms. The SMILES string of the molecule is CC1CN2CCCC2CN1CCc1cscn1. The van der Waals surface area contributed by atoms with E-state index in [1.165, 1.54) is 44.7 Å². The lowest BCUT2D eigenvalue weighted by Gasteiger charge is -2.42. The minimum absolute atomic E-state index is 0.711. The number of fused-ring (bicyclic) bond motifs is 1. The third kappa shape index (κ3) is 2.54. The number of piperazine rings is 1. The summed E-state index contributed by atoms with van der Waals surface area (Å²) >= 11 is 1.70. The van der Waals surface area contributed by atoms with Crippen LogP contribution in [0.15, 0.2) is 10.9 Å². The summed E-state index contributed by atoms with van der Waals surface area (Å²) in [6.07, 6.45) is 3.91. The number of rotatable bonds is 3. The molecule has 3 rings (SSSR count). The van der Waals surface area contributed by atoms with Gasteiger partial charge in [0, 0.05) is 43.5 Å². The van der Waals surface area contributed by atoms with Gasteiger partial charge in [0.15, 0.2) is 0 Å². The first kappa shape index (κ1) is 11.6. The van der Waals surface area contributed by atoms with Crippen molar-refractivity contribution in [1.82, 2.24) is 14.8 Å². The van der Waals surface area contributed by atoms with Crippen molar-refractivity contribution < 1.29 is 0 Å². The van der Waals surface area contributed by atoms with Crippen LogP contribution < -0.4 is 0 Å². The van der Waals surface area contributed by atoms with Crippen LogP contribution in [0.5, 0.6) is 0 Å². The highest BCUT2D eigenvalue weighted by atomic mass is 32.1. The Balaban J connectivity index is 1.55. The summed E-state index contributed by atoms with van der Waals surface area (Å²) in [5, 5.41) is 2.18. The Labute approximate surface area is 107 Å². The van der Waals surface area contributed by atoms with Gasteiger partial charge in [0.05, 0.1) is 11.2 Å². The molecule has 0 aromatic carbocycles. The predicted octanol–water partition coefficient (Wildman–Crippen LogP) is 1.85. The molecule has 3 nitrogen and oxygen atoms in total. The minimum atomic E-state index is 0.711. The first-order valence-corrected chi connectivity index (χ1v) is 7.62. The molecule has 2 saturated heterocycles. The van der Waals surface area contributed by atoms with E-state index in [4.69, 9.17) is 0 Å². The van der Waals surface area contributed by atoms with Crippen molar-refractivity contribution in [2.45, 2.75) is 38.3 Å². The number of aromatic nitrogens is 1. The van der Waals surface area contributed by atoms with Gasteiger partial charge in [0.1, 0.15) is 0 Å². The summed E-state index contributed by atoms with van der Waals surface area (Å²) in [6, 6.07) is 1.55. The van der Waals surface area contributed by atoms with Crippen molar-refractivity contribution in [1.29, 1.82) is 0 Å². The van der Waals surface area contributed by atoms with Crippen LogP contribution in [0.4, 0.5) is 0 Å². The molecule has 2 atom stereocenters. The van der Waals surface area contributed by atoms with Crippen molar-refractivity contribution >= 4 is 11.3 Å². The zero-order chi connectivity index (χ0) is 11.7. The molecule has 2 fully saturated rings. The summed E-state index contributed by atoms with van der Waals surface area (Å²) in [6.45, 7) is 7.41. The zero-order valence-electron chi connectivity index (χ0n) is 10.5. The normalized spacial score (nSPS) is 30.6. The van der Waals surface area contributed by atoms with Crippen molar-refractivity contribution in [2.24, 2.45) is 0 Å². The monoisotopic (exact) mass is 251 g/mol. The maximum Gasteiger partial charge on any atom is 0.0794 e. The molecule has 17 heavy (non-hydrogen) atoms. The van der Waals surface area contributed by atoms with E-state index >= 15 is 0 Å². The molecule has 94 valence electrons. The van der Waals surface area contributed by atoms with Crippen LogP contribution in [0.2, 0.25) is 0 Å². The molecule has 2 unspecified atom stereocenters. The highest BCUT2D eigenvalue weighted by Crippen LogP contribution is 2.24. The zero-order valence-corrected chi connectivity index (χ0v) is 11.3. The van der Waals surface area contributed by atoms with Gasteiger partial charge in [0.2, 0.25) is 0 Å². The minimum Gasteiger partial charge on any atom is -0.298 e. The number of thiazole rings is 1. The van der Waals surface area contributed by atoms with Crippen LogP contribution in [-0.2, 0) is 6.42 Å². The van der Waals surface area contributed by atoms with Gasteiger partial charge in [0.25, 0.3) is 0 Å². The molecule has 2 aliphatic rings. The van der Waals surface area contributed by atoms with Crippen LogP contribution >= 0.6 is 11.3 Å². The third-order valence-electron chi connectivity index (χ3n) is 4.21. The first-order valence-electron chi connectivity index (χ1n) is 6.68. The van der Waals surface area contributed by atoms with Crippen LogP contribution in [0.25, 0.3) is 0 Å². The fourth-order valence-electron chi connectivity index (χ4n) is 3.18. The molecule has 0 radical (unpaired) electrons. The summed E-state index contributed by atoms with van der Waals surface area (Å²) in [5.41, 5.74) is 3.20. The maximum absolute atomic E-state index is 4.37. The van der Waals surface area contributed by atoms with Crippen molar-refractivity contribution in [3.05, 3.63) is 16.6 Å². The van der Waals surface area contributed by atoms with Gasteiger partial charge < -0.3 is 0 Å². The van der Waals surface area contributed by atoms with E-state index in [0.717, 1.165) is 12.5 Å². The Morgan fingerprint density at radius 3 is 3.24 bits per heavy atom. The molecule has 1 aromatic rings. The van der Waals surface area contributed by atoms with Crippen LogP contribution in [0, 0.1) is 0 Å². The predicted molar refractivity (Wildman–Crippen MR) is 71.4 cm³/mol. The number of hydrogen-bond donors (Lipinski definition) is 0. The average molecular weight is 251 g/mol. The highest BCUT2D eigenvalue weighted by Gasteiger charge is 2.33. The molecule has 2 aliphatic heterocycles. The smallest absolute Gasteiger partial charge is 0.0794 e. The molecule has 3 heterocycles. The van der Waals surface area contributed by atoms with E-state index in [-0.39, 0.29) is 0 Å². The molecule has 4 heteroatoms. The van der Waals surface area contributed by atoms with E-state index in [1.54, 1.807) is 11.3 Å². The molecular formula is C13H21N3S. The third-order valence-corrected chi connectivity index (χ3v) is 4.84. The topological polar surface area (TPSA) is 19.4 Å². The van der Waals surface area contributed by atoms with Gasteiger partial charge >= 0.3 is 0 Å². The fourth-order valence-corrected chi connectivity index (χ4v) is 3.77. The van der Waals surface area contributed by atoms with E-state index in [1.807, 2.05) is 5.51 Å². The first-order chi connectivity index (χ1) is 8.33. The molecule has 0 saturated carbocycles. The quantitative estimate of drug-likeness (QED) is 0.817. The lowest BCUT2D eigenvalue weighted by atomic mass is 10.1. The molecule has 0 aliphatic carbocycles. The number of hydrogen-bond acceptors (Lipinski definition) is 4. The molecule has 0 bridgehead atoms. The van der Waals surface area contributed by atoms with Crippen molar-refractivity contribution in [2.75, 3.05) is 26.2 Å². The van der Waals surface area contributed by atoms with Gasteiger partial charge in [-0.3, -0.25) is 9.80 Å². The summed E-state index contributed by atoms with van der Waals surface area (Å²) in [4.78, 5) is 9.72. The Hall–Kier alpha value is -0.450. The molecule has 0 amide bonds. The van der Waals surface area contributed by atoms with Crippen LogP contribution in [-0.4, -0.2) is 53.0 Å². The van der Waals surface area contributed by atoms with E-state index in [2.05, 4.69) is 27.1 Å². The van der Waals surface area contributed by atoms with Gasteiger partial charge in [-0.2, -0.15) is 0 Å². The van der Waals surface area contributed by atoms with Gasteiger partial charge in [-0.25, -0.2) is 4.98 Å². The van der Waals surface area contributed by atoms with Crippen LogP contribution in [0.3, 0.4) is 0 Å². The second-order valence-corrected chi connectivity index (χ2v) is 6.08.